The Labute approximate surface area is 100 Å². The van der Waals surface area contributed by atoms with E-state index in [1.54, 1.807) is 13.2 Å². The highest BCUT2D eigenvalue weighted by Gasteiger charge is 2.04. The van der Waals surface area contributed by atoms with Gasteiger partial charge in [-0.3, -0.25) is 4.79 Å². The van der Waals surface area contributed by atoms with Gasteiger partial charge in [-0.05, 0) is 18.6 Å². The van der Waals surface area contributed by atoms with Crippen LogP contribution in [-0.2, 0) is 14.3 Å². The topological polar surface area (TPSA) is 86.5 Å². The summed E-state index contributed by atoms with van der Waals surface area (Å²) in [4.78, 5) is 15.4. The van der Waals surface area contributed by atoms with E-state index < -0.39 is 0 Å². The Balaban J connectivity index is 2.37. The van der Waals surface area contributed by atoms with Gasteiger partial charge in [-0.1, -0.05) is 0 Å². The largest absolute Gasteiger partial charge is 0.397 e. The number of nitrogens with zero attached hydrogens (tertiary/aromatic N) is 1. The molecule has 94 valence electrons. The lowest BCUT2D eigenvalue weighted by Gasteiger charge is -2.07. The van der Waals surface area contributed by atoms with E-state index >= 15 is 0 Å². The average Bonchev–Trinajstić information content (AvgIpc) is 2.30. The molecule has 0 atom stereocenters. The van der Waals surface area contributed by atoms with E-state index in [2.05, 4.69) is 10.3 Å². The van der Waals surface area contributed by atoms with Gasteiger partial charge in [0.25, 0.3) is 5.91 Å². The molecule has 0 aliphatic rings. The predicted molar refractivity (Wildman–Crippen MR) is 64.7 cm³/mol. The fraction of sp³-hybridized carbons (Fsp3) is 0.455. The summed E-state index contributed by atoms with van der Waals surface area (Å²) in [5.74, 6) is 0.217. The van der Waals surface area contributed by atoms with Crippen molar-refractivity contribution in [2.24, 2.45) is 0 Å². The smallest absolute Gasteiger partial charge is 0.251 e. The fourth-order valence-electron chi connectivity index (χ4n) is 1.12. The Morgan fingerprint density at radius 3 is 2.94 bits per heavy atom. The number of pyridine rings is 1. The third-order valence-corrected chi connectivity index (χ3v) is 2.08. The number of ether oxygens (including phenoxy) is 2. The number of rotatable bonds is 6. The average molecular weight is 239 g/mol. The molecule has 6 heteroatoms. The zero-order valence-electron chi connectivity index (χ0n) is 10.0. The molecular weight excluding hydrogens is 222 g/mol. The first-order chi connectivity index (χ1) is 8.13. The Kier molecular flexibility index (Phi) is 5.38. The third kappa shape index (κ3) is 4.80. The molecule has 1 heterocycles. The first-order valence-corrected chi connectivity index (χ1v) is 5.22. The number of nitrogens with one attached hydrogen (secondary N) is 1. The number of hydrogen-bond acceptors (Lipinski definition) is 5. The molecule has 0 unspecified atom stereocenters. The molecule has 1 amide bonds. The van der Waals surface area contributed by atoms with E-state index in [-0.39, 0.29) is 12.5 Å². The Bertz CT molecular complexity index is 382. The molecule has 17 heavy (non-hydrogen) atoms. The molecule has 3 N–H and O–H groups in total. The maximum absolute atomic E-state index is 11.4. The number of aryl methyl sites for hydroxylation is 1. The second-order valence-corrected chi connectivity index (χ2v) is 3.52. The van der Waals surface area contributed by atoms with Crippen LogP contribution in [0.25, 0.3) is 0 Å². The van der Waals surface area contributed by atoms with Crippen LogP contribution in [0.4, 0.5) is 11.5 Å². The van der Waals surface area contributed by atoms with Crippen LogP contribution in [0.3, 0.4) is 0 Å². The molecule has 0 aliphatic heterocycles. The maximum Gasteiger partial charge on any atom is 0.251 e. The molecule has 1 rings (SSSR count). The minimum Gasteiger partial charge on any atom is -0.397 e. The number of hydrogen-bond donors (Lipinski definition) is 2. The number of aromatic nitrogens is 1. The van der Waals surface area contributed by atoms with E-state index in [4.69, 9.17) is 15.2 Å². The van der Waals surface area contributed by atoms with Crippen LogP contribution in [0.1, 0.15) is 5.56 Å². The van der Waals surface area contributed by atoms with Crippen LogP contribution < -0.4 is 11.1 Å². The second kappa shape index (κ2) is 6.82. The number of carbonyl (C=O) groups excluding carboxylic acids is 1. The standard InChI is InChI=1S/C11H17N3O3/c1-8-5-10(13-6-9(8)12)14-11(15)7-17-4-3-16-2/h5-6H,3-4,7,12H2,1-2H3,(H,13,14,15). The van der Waals surface area contributed by atoms with Crippen molar-refractivity contribution in [1.29, 1.82) is 0 Å². The number of amides is 1. The van der Waals surface area contributed by atoms with Gasteiger partial charge < -0.3 is 20.5 Å². The summed E-state index contributed by atoms with van der Waals surface area (Å²) in [6, 6.07) is 1.71. The van der Waals surface area contributed by atoms with Crippen LogP contribution in [-0.4, -0.2) is 37.8 Å². The van der Waals surface area contributed by atoms with Crippen molar-refractivity contribution in [3.8, 4) is 0 Å². The van der Waals surface area contributed by atoms with Gasteiger partial charge in [-0.15, -0.1) is 0 Å². The normalized spacial score (nSPS) is 10.2. The summed E-state index contributed by atoms with van der Waals surface area (Å²) in [5, 5.41) is 2.62. The quantitative estimate of drug-likeness (QED) is 0.709. The summed E-state index contributed by atoms with van der Waals surface area (Å²) < 4.78 is 9.86. The van der Waals surface area contributed by atoms with Crippen LogP contribution in [0.15, 0.2) is 12.3 Å². The zero-order valence-corrected chi connectivity index (χ0v) is 10.0. The van der Waals surface area contributed by atoms with Crippen LogP contribution >= 0.6 is 0 Å². The van der Waals surface area contributed by atoms with Gasteiger partial charge in [0.05, 0.1) is 25.1 Å². The highest BCUT2D eigenvalue weighted by atomic mass is 16.5. The van der Waals surface area contributed by atoms with Crippen LogP contribution in [0.5, 0.6) is 0 Å². The second-order valence-electron chi connectivity index (χ2n) is 3.52. The lowest BCUT2D eigenvalue weighted by molar-refractivity contribution is -0.121. The van der Waals surface area contributed by atoms with Gasteiger partial charge in [-0.25, -0.2) is 4.98 Å². The zero-order chi connectivity index (χ0) is 12.7. The molecule has 6 nitrogen and oxygen atoms in total. The molecule has 0 saturated carbocycles. The monoisotopic (exact) mass is 239 g/mol. The molecule has 0 aromatic carbocycles. The van der Waals surface area contributed by atoms with E-state index in [0.717, 1.165) is 5.56 Å². The van der Waals surface area contributed by atoms with E-state index in [0.29, 0.717) is 24.7 Å². The minimum atomic E-state index is -0.252. The molecule has 1 aromatic heterocycles. The van der Waals surface area contributed by atoms with Crippen molar-refractivity contribution in [3.63, 3.8) is 0 Å². The van der Waals surface area contributed by atoms with E-state index in [1.165, 1.54) is 6.20 Å². The predicted octanol–water partition coefficient (Wildman–Crippen LogP) is 0.574. The van der Waals surface area contributed by atoms with Crippen molar-refractivity contribution in [1.82, 2.24) is 4.98 Å². The maximum atomic E-state index is 11.4. The minimum absolute atomic E-state index is 0.0194. The van der Waals surface area contributed by atoms with Crippen molar-refractivity contribution < 1.29 is 14.3 Å². The summed E-state index contributed by atoms with van der Waals surface area (Å²) in [7, 11) is 1.57. The number of nitrogen functional groups attached to an aromatic ring is 1. The Morgan fingerprint density at radius 2 is 2.29 bits per heavy atom. The van der Waals surface area contributed by atoms with Crippen molar-refractivity contribution in [2.45, 2.75) is 6.92 Å². The Morgan fingerprint density at radius 1 is 1.53 bits per heavy atom. The third-order valence-electron chi connectivity index (χ3n) is 2.08. The van der Waals surface area contributed by atoms with Crippen LogP contribution in [0, 0.1) is 6.92 Å². The SMILES string of the molecule is COCCOCC(=O)Nc1cc(C)c(N)cn1. The number of methoxy groups -OCH3 is 1. The fourth-order valence-corrected chi connectivity index (χ4v) is 1.12. The number of nitrogens with two attached hydrogens (primary N) is 1. The summed E-state index contributed by atoms with van der Waals surface area (Å²) in [5.41, 5.74) is 7.09. The molecule has 0 saturated heterocycles. The molecule has 0 fully saturated rings. The van der Waals surface area contributed by atoms with Crippen molar-refractivity contribution >= 4 is 17.4 Å². The summed E-state index contributed by atoms with van der Waals surface area (Å²) in [6.45, 7) is 2.68. The lowest BCUT2D eigenvalue weighted by atomic mass is 10.2. The molecule has 0 spiro atoms. The van der Waals surface area contributed by atoms with Gasteiger partial charge in [-0.2, -0.15) is 0 Å². The van der Waals surface area contributed by atoms with Gasteiger partial charge in [0.2, 0.25) is 0 Å². The van der Waals surface area contributed by atoms with Gasteiger partial charge >= 0.3 is 0 Å². The van der Waals surface area contributed by atoms with E-state index in [9.17, 15) is 4.79 Å². The summed E-state index contributed by atoms with van der Waals surface area (Å²) >= 11 is 0. The van der Waals surface area contributed by atoms with Gasteiger partial charge in [0.1, 0.15) is 12.4 Å². The van der Waals surface area contributed by atoms with Crippen molar-refractivity contribution in [3.05, 3.63) is 17.8 Å². The molecule has 1 aromatic rings. The first kappa shape index (κ1) is 13.4. The number of anilines is 2. The van der Waals surface area contributed by atoms with Gasteiger partial charge in [0.15, 0.2) is 0 Å². The van der Waals surface area contributed by atoms with Crippen LogP contribution in [0.2, 0.25) is 0 Å². The van der Waals surface area contributed by atoms with Gasteiger partial charge in [0, 0.05) is 7.11 Å². The first-order valence-electron chi connectivity index (χ1n) is 5.22. The highest BCUT2D eigenvalue weighted by Crippen LogP contribution is 2.12. The Hall–Kier alpha value is -1.66. The van der Waals surface area contributed by atoms with Crippen molar-refractivity contribution in [2.75, 3.05) is 38.0 Å². The molecule has 0 aliphatic carbocycles. The molecule has 0 radical (unpaired) electrons. The molecular formula is C11H17N3O3. The summed E-state index contributed by atoms with van der Waals surface area (Å²) in [6.07, 6.45) is 1.51. The van der Waals surface area contributed by atoms with E-state index in [1.807, 2.05) is 6.92 Å². The molecule has 0 bridgehead atoms. The number of carbonyl (C=O) groups is 1. The lowest BCUT2D eigenvalue weighted by Crippen LogP contribution is -2.20. The highest BCUT2D eigenvalue weighted by molar-refractivity contribution is 5.90.